The fourth-order valence-corrected chi connectivity index (χ4v) is 3.65. The third kappa shape index (κ3) is 3.97. The van der Waals surface area contributed by atoms with Gasteiger partial charge in [-0.05, 0) is 60.5 Å². The minimum Gasteiger partial charge on any atom is -0.313 e. The van der Waals surface area contributed by atoms with Crippen molar-refractivity contribution in [3.05, 3.63) is 59.1 Å². The summed E-state index contributed by atoms with van der Waals surface area (Å²) in [6.45, 7) is 1.19. The molecule has 1 nitrogen and oxygen atoms in total. The van der Waals surface area contributed by atoms with Gasteiger partial charge in [0.05, 0.1) is 0 Å². The summed E-state index contributed by atoms with van der Waals surface area (Å²) >= 11 is 6.08. The Morgan fingerprint density at radius 2 is 1.83 bits per heavy atom. The maximum Gasteiger partial charge on any atom is 0.0412 e. The quantitative estimate of drug-likeness (QED) is 0.649. The first-order valence-electron chi connectivity index (χ1n) is 8.89. The van der Waals surface area contributed by atoms with Gasteiger partial charge >= 0.3 is 0 Å². The van der Waals surface area contributed by atoms with Gasteiger partial charge in [-0.2, -0.15) is 0 Å². The molecule has 0 heterocycles. The van der Waals surface area contributed by atoms with E-state index in [2.05, 4.69) is 35.6 Å². The van der Waals surface area contributed by atoms with Crippen molar-refractivity contribution in [3.8, 4) is 11.1 Å². The van der Waals surface area contributed by atoms with Crippen LogP contribution in [0, 0.1) is 5.92 Å². The minimum atomic E-state index is 0.700. The molecule has 0 spiro atoms. The molecule has 0 aliphatic heterocycles. The molecule has 2 fully saturated rings. The van der Waals surface area contributed by atoms with Crippen molar-refractivity contribution in [2.24, 2.45) is 5.92 Å². The van der Waals surface area contributed by atoms with Crippen LogP contribution in [-0.4, -0.2) is 12.6 Å². The molecule has 120 valence electrons. The Bertz CT molecular complexity index is 660. The van der Waals surface area contributed by atoms with Gasteiger partial charge in [-0.1, -0.05) is 60.8 Å². The SMILES string of the molecule is Clc1cccc(-c2ccc(C3C[C@@H]3NCCCC3CC3)cc2)c1. The number of hydrogen-bond acceptors (Lipinski definition) is 1. The smallest absolute Gasteiger partial charge is 0.0412 e. The van der Waals surface area contributed by atoms with Crippen molar-refractivity contribution >= 4 is 11.6 Å². The van der Waals surface area contributed by atoms with Crippen LogP contribution in [0.3, 0.4) is 0 Å². The lowest BCUT2D eigenvalue weighted by Crippen LogP contribution is -2.19. The molecule has 0 amide bonds. The summed E-state index contributed by atoms with van der Waals surface area (Å²) in [6.07, 6.45) is 7.02. The molecule has 2 heteroatoms. The Morgan fingerprint density at radius 3 is 2.57 bits per heavy atom. The summed E-state index contributed by atoms with van der Waals surface area (Å²) in [5.74, 6) is 1.77. The highest BCUT2D eigenvalue weighted by Crippen LogP contribution is 2.41. The summed E-state index contributed by atoms with van der Waals surface area (Å²) in [5, 5.41) is 4.52. The molecule has 2 saturated carbocycles. The second-order valence-corrected chi connectivity index (χ2v) is 7.56. The topological polar surface area (TPSA) is 12.0 Å². The van der Waals surface area contributed by atoms with Crippen molar-refractivity contribution < 1.29 is 0 Å². The van der Waals surface area contributed by atoms with Crippen molar-refractivity contribution in [3.63, 3.8) is 0 Å². The Balaban J connectivity index is 1.30. The van der Waals surface area contributed by atoms with Crippen LogP contribution in [0.15, 0.2) is 48.5 Å². The van der Waals surface area contributed by atoms with Gasteiger partial charge in [0.2, 0.25) is 0 Å². The van der Waals surface area contributed by atoms with Crippen molar-refractivity contribution in [2.75, 3.05) is 6.54 Å². The number of hydrogen-bond donors (Lipinski definition) is 1. The number of nitrogens with one attached hydrogen (secondary N) is 1. The lowest BCUT2D eigenvalue weighted by atomic mass is 10.0. The molecular weight excluding hydrogens is 302 g/mol. The van der Waals surface area contributed by atoms with Crippen LogP contribution < -0.4 is 5.32 Å². The van der Waals surface area contributed by atoms with E-state index in [0.29, 0.717) is 12.0 Å². The van der Waals surface area contributed by atoms with Gasteiger partial charge in [0, 0.05) is 17.0 Å². The van der Waals surface area contributed by atoms with Gasteiger partial charge < -0.3 is 5.32 Å². The van der Waals surface area contributed by atoms with Crippen molar-refractivity contribution in [1.82, 2.24) is 5.32 Å². The maximum absolute atomic E-state index is 6.08. The molecule has 1 unspecified atom stereocenters. The van der Waals surface area contributed by atoms with Crippen molar-refractivity contribution in [1.29, 1.82) is 0 Å². The van der Waals surface area contributed by atoms with Gasteiger partial charge in [-0.25, -0.2) is 0 Å². The molecule has 4 rings (SSSR count). The monoisotopic (exact) mass is 325 g/mol. The molecular formula is C21H24ClN. The zero-order valence-corrected chi connectivity index (χ0v) is 14.2. The Hall–Kier alpha value is -1.31. The van der Waals surface area contributed by atoms with Crippen LogP contribution in [-0.2, 0) is 0 Å². The van der Waals surface area contributed by atoms with E-state index in [1.165, 1.54) is 55.3 Å². The number of halogens is 1. The third-order valence-electron chi connectivity index (χ3n) is 5.18. The van der Waals surface area contributed by atoms with Gasteiger partial charge in [-0.3, -0.25) is 0 Å². The molecule has 2 aromatic rings. The molecule has 2 aromatic carbocycles. The summed E-state index contributed by atoms with van der Waals surface area (Å²) in [6, 6.07) is 17.8. The average molecular weight is 326 g/mol. The van der Waals surface area contributed by atoms with Crippen LogP contribution >= 0.6 is 11.6 Å². The fourth-order valence-electron chi connectivity index (χ4n) is 3.46. The van der Waals surface area contributed by atoms with Gasteiger partial charge in [0.1, 0.15) is 0 Å². The van der Waals surface area contributed by atoms with E-state index in [-0.39, 0.29) is 0 Å². The molecule has 0 saturated heterocycles. The number of benzene rings is 2. The Morgan fingerprint density at radius 1 is 1.00 bits per heavy atom. The standard InChI is InChI=1S/C21H24ClN/c22-19-5-1-4-18(13-19)16-8-10-17(11-9-16)20-14-21(20)23-12-2-3-15-6-7-15/h1,4-5,8-11,13,15,20-21,23H,2-3,6-7,12,14H2/t20?,21-/m0/s1. The largest absolute Gasteiger partial charge is 0.313 e. The van der Waals surface area contributed by atoms with E-state index >= 15 is 0 Å². The van der Waals surface area contributed by atoms with Crippen LogP contribution in [0.1, 0.15) is 43.6 Å². The second-order valence-electron chi connectivity index (χ2n) is 7.12. The number of rotatable bonds is 7. The molecule has 0 radical (unpaired) electrons. The zero-order valence-electron chi connectivity index (χ0n) is 13.5. The van der Waals surface area contributed by atoms with Crippen LogP contribution in [0.25, 0.3) is 11.1 Å². The highest BCUT2D eigenvalue weighted by molar-refractivity contribution is 6.30. The van der Waals surface area contributed by atoms with Crippen molar-refractivity contribution in [2.45, 2.75) is 44.1 Å². The normalized spacial score (nSPS) is 23.0. The molecule has 2 aliphatic rings. The van der Waals surface area contributed by atoms with Gasteiger partial charge in [0.15, 0.2) is 0 Å². The maximum atomic E-state index is 6.08. The third-order valence-corrected chi connectivity index (χ3v) is 5.41. The van der Waals surface area contributed by atoms with E-state index in [4.69, 9.17) is 11.6 Å². The highest BCUT2D eigenvalue weighted by Gasteiger charge is 2.37. The molecule has 1 N–H and O–H groups in total. The Labute approximate surface area is 144 Å². The van der Waals surface area contributed by atoms with Gasteiger partial charge in [0.25, 0.3) is 0 Å². The van der Waals surface area contributed by atoms with Gasteiger partial charge in [-0.15, -0.1) is 0 Å². The molecule has 0 bridgehead atoms. The average Bonchev–Trinajstić information content (AvgIpc) is 3.47. The predicted octanol–water partition coefficient (Wildman–Crippen LogP) is 5.64. The first-order valence-corrected chi connectivity index (χ1v) is 9.27. The first-order chi connectivity index (χ1) is 11.3. The molecule has 2 aliphatic carbocycles. The van der Waals surface area contributed by atoms with Crippen LogP contribution in [0.2, 0.25) is 5.02 Å². The van der Waals surface area contributed by atoms with E-state index in [9.17, 15) is 0 Å². The van der Waals surface area contributed by atoms with E-state index in [0.717, 1.165) is 10.9 Å². The highest BCUT2D eigenvalue weighted by atomic mass is 35.5. The summed E-state index contributed by atoms with van der Waals surface area (Å²) in [7, 11) is 0. The second kappa shape index (κ2) is 6.67. The van der Waals surface area contributed by atoms with E-state index in [1.807, 2.05) is 18.2 Å². The lowest BCUT2D eigenvalue weighted by molar-refractivity contribution is 0.586. The Kier molecular flexibility index (Phi) is 4.41. The molecule has 0 aromatic heterocycles. The first kappa shape index (κ1) is 15.2. The van der Waals surface area contributed by atoms with E-state index < -0.39 is 0 Å². The van der Waals surface area contributed by atoms with Crippen LogP contribution in [0.5, 0.6) is 0 Å². The molecule has 2 atom stereocenters. The lowest BCUT2D eigenvalue weighted by Gasteiger charge is -2.06. The summed E-state index contributed by atoms with van der Waals surface area (Å²) in [5.41, 5.74) is 3.90. The summed E-state index contributed by atoms with van der Waals surface area (Å²) < 4.78 is 0. The van der Waals surface area contributed by atoms with Crippen LogP contribution in [0.4, 0.5) is 0 Å². The van der Waals surface area contributed by atoms with E-state index in [1.54, 1.807) is 0 Å². The summed E-state index contributed by atoms with van der Waals surface area (Å²) in [4.78, 5) is 0. The minimum absolute atomic E-state index is 0.700. The molecule has 23 heavy (non-hydrogen) atoms. The fraction of sp³-hybridized carbons (Fsp3) is 0.429. The zero-order chi connectivity index (χ0) is 15.6. The predicted molar refractivity (Wildman–Crippen MR) is 98.0 cm³/mol.